The van der Waals surface area contributed by atoms with Gasteiger partial charge in [0, 0.05) is 18.0 Å². The van der Waals surface area contributed by atoms with E-state index in [9.17, 15) is 4.79 Å². The number of aliphatic hydroxyl groups excluding tert-OH is 1. The molecule has 0 aliphatic carbocycles. The number of carbonyl (C=O) groups is 1. The molecular weight excluding hydrogens is 262 g/mol. The highest BCUT2D eigenvalue weighted by Gasteiger charge is 2.17. The lowest BCUT2D eigenvalue weighted by atomic mass is 9.95. The molecule has 3 heteroatoms. The summed E-state index contributed by atoms with van der Waals surface area (Å²) in [5.41, 5.74) is 1.31. The maximum absolute atomic E-state index is 12.4. The zero-order chi connectivity index (χ0) is 15.7. The van der Waals surface area contributed by atoms with Crippen LogP contribution in [0.4, 0.5) is 0 Å². The van der Waals surface area contributed by atoms with Gasteiger partial charge in [-0.1, -0.05) is 50.7 Å². The van der Waals surface area contributed by atoms with Crippen LogP contribution in [-0.4, -0.2) is 23.7 Å². The van der Waals surface area contributed by atoms with Crippen molar-refractivity contribution in [3.63, 3.8) is 0 Å². The van der Waals surface area contributed by atoms with Crippen LogP contribution < -0.4 is 5.32 Å². The Labute approximate surface area is 127 Å². The molecule has 0 spiro atoms. The Bertz CT molecular complexity index is 509. The summed E-state index contributed by atoms with van der Waals surface area (Å²) in [5.74, 6) is 6.23. The fourth-order valence-electron chi connectivity index (χ4n) is 2.40. The van der Waals surface area contributed by atoms with Gasteiger partial charge in [-0.15, -0.1) is 0 Å². The molecule has 0 saturated carbocycles. The minimum absolute atomic E-state index is 0.0348. The van der Waals surface area contributed by atoms with Crippen LogP contribution in [0.5, 0.6) is 0 Å². The van der Waals surface area contributed by atoms with Gasteiger partial charge in [-0.25, -0.2) is 0 Å². The van der Waals surface area contributed by atoms with Crippen molar-refractivity contribution in [2.45, 2.75) is 46.1 Å². The lowest BCUT2D eigenvalue weighted by molar-refractivity contribution is 0.0925. The first kappa shape index (κ1) is 17.3. The van der Waals surface area contributed by atoms with E-state index in [1.807, 2.05) is 18.2 Å². The van der Waals surface area contributed by atoms with Crippen molar-refractivity contribution in [1.82, 2.24) is 5.32 Å². The van der Waals surface area contributed by atoms with E-state index >= 15 is 0 Å². The number of aliphatic hydroxyl groups is 1. The van der Waals surface area contributed by atoms with E-state index in [1.54, 1.807) is 6.07 Å². The second-order valence-corrected chi connectivity index (χ2v) is 5.16. The molecular formula is C18H25NO2. The summed E-state index contributed by atoms with van der Waals surface area (Å²) in [6.07, 6.45) is 2.52. The predicted octanol–water partition coefficient (Wildman–Crippen LogP) is 2.98. The molecule has 2 N–H and O–H groups in total. The smallest absolute Gasteiger partial charge is 0.252 e. The molecule has 0 aliphatic rings. The van der Waals surface area contributed by atoms with Gasteiger partial charge in [-0.05, 0) is 25.0 Å². The van der Waals surface area contributed by atoms with Crippen LogP contribution in [-0.2, 0) is 0 Å². The lowest BCUT2D eigenvalue weighted by Crippen LogP contribution is -2.38. The molecule has 1 atom stereocenters. The van der Waals surface area contributed by atoms with Crippen LogP contribution in [0, 0.1) is 17.8 Å². The quantitative estimate of drug-likeness (QED) is 0.790. The number of carbonyl (C=O) groups excluding carboxylic acids is 1. The molecule has 0 aliphatic heterocycles. The van der Waals surface area contributed by atoms with Gasteiger partial charge in [0.25, 0.3) is 5.91 Å². The molecule has 114 valence electrons. The highest BCUT2D eigenvalue weighted by molar-refractivity contribution is 5.96. The molecule has 21 heavy (non-hydrogen) atoms. The Morgan fingerprint density at radius 2 is 1.95 bits per heavy atom. The SMILES string of the molecule is CCC(CC)C(C)NC(=O)c1ccccc1C#CCCO. The Kier molecular flexibility index (Phi) is 7.56. The van der Waals surface area contributed by atoms with Crippen LogP contribution in [0.2, 0.25) is 0 Å². The van der Waals surface area contributed by atoms with Gasteiger partial charge in [0.05, 0.1) is 12.2 Å². The topological polar surface area (TPSA) is 49.3 Å². The van der Waals surface area contributed by atoms with Crippen molar-refractivity contribution in [2.75, 3.05) is 6.61 Å². The Morgan fingerprint density at radius 3 is 2.57 bits per heavy atom. The molecule has 0 bridgehead atoms. The van der Waals surface area contributed by atoms with Gasteiger partial charge in [-0.3, -0.25) is 4.79 Å². The third-order valence-corrected chi connectivity index (χ3v) is 3.75. The van der Waals surface area contributed by atoms with Crippen molar-refractivity contribution in [1.29, 1.82) is 0 Å². The van der Waals surface area contributed by atoms with Gasteiger partial charge in [0.2, 0.25) is 0 Å². The average molecular weight is 287 g/mol. The predicted molar refractivity (Wildman–Crippen MR) is 86.0 cm³/mol. The monoisotopic (exact) mass is 287 g/mol. The van der Waals surface area contributed by atoms with Gasteiger partial charge < -0.3 is 10.4 Å². The Balaban J connectivity index is 2.86. The first-order valence-corrected chi connectivity index (χ1v) is 7.63. The molecule has 0 heterocycles. The van der Waals surface area contributed by atoms with Crippen LogP contribution in [0.15, 0.2) is 24.3 Å². The molecule has 0 saturated heterocycles. The molecule has 1 amide bonds. The highest BCUT2D eigenvalue weighted by atomic mass is 16.2. The summed E-state index contributed by atoms with van der Waals surface area (Å²) < 4.78 is 0. The summed E-state index contributed by atoms with van der Waals surface area (Å²) in [5, 5.41) is 11.8. The second kappa shape index (κ2) is 9.20. The normalized spacial score (nSPS) is 11.7. The van der Waals surface area contributed by atoms with Gasteiger partial charge in [0.15, 0.2) is 0 Å². The first-order valence-electron chi connectivity index (χ1n) is 7.63. The highest BCUT2D eigenvalue weighted by Crippen LogP contribution is 2.14. The minimum Gasteiger partial charge on any atom is -0.395 e. The van der Waals surface area contributed by atoms with Crippen LogP contribution in [0.1, 0.15) is 56.0 Å². The van der Waals surface area contributed by atoms with E-state index in [2.05, 4.69) is 37.9 Å². The molecule has 3 nitrogen and oxygen atoms in total. The fourth-order valence-corrected chi connectivity index (χ4v) is 2.40. The van der Waals surface area contributed by atoms with E-state index < -0.39 is 0 Å². The van der Waals surface area contributed by atoms with E-state index in [0.29, 0.717) is 23.5 Å². The number of hydrogen-bond donors (Lipinski definition) is 2. The zero-order valence-electron chi connectivity index (χ0n) is 13.1. The summed E-state index contributed by atoms with van der Waals surface area (Å²) in [6, 6.07) is 7.47. The summed E-state index contributed by atoms with van der Waals surface area (Å²) >= 11 is 0. The zero-order valence-corrected chi connectivity index (χ0v) is 13.1. The number of benzene rings is 1. The number of amides is 1. The summed E-state index contributed by atoms with van der Waals surface area (Å²) in [4.78, 5) is 12.4. The van der Waals surface area contributed by atoms with Crippen LogP contribution >= 0.6 is 0 Å². The second-order valence-electron chi connectivity index (χ2n) is 5.16. The average Bonchev–Trinajstić information content (AvgIpc) is 2.49. The van der Waals surface area contributed by atoms with E-state index in [4.69, 9.17) is 5.11 Å². The van der Waals surface area contributed by atoms with Crippen molar-refractivity contribution < 1.29 is 9.90 Å². The summed E-state index contributed by atoms with van der Waals surface area (Å²) in [6.45, 7) is 6.37. The summed E-state index contributed by atoms with van der Waals surface area (Å²) in [7, 11) is 0. The fraction of sp³-hybridized carbons (Fsp3) is 0.500. The third-order valence-electron chi connectivity index (χ3n) is 3.75. The van der Waals surface area contributed by atoms with E-state index in [0.717, 1.165) is 12.8 Å². The van der Waals surface area contributed by atoms with Gasteiger partial charge in [0.1, 0.15) is 0 Å². The Hall–Kier alpha value is -1.79. The van der Waals surface area contributed by atoms with Crippen molar-refractivity contribution in [3.05, 3.63) is 35.4 Å². The molecule has 1 rings (SSSR count). The standard InChI is InChI=1S/C18H25NO2/c1-4-15(5-2)14(3)19-18(21)17-12-7-6-10-16(17)11-8-9-13-20/h6-7,10,12,14-15,20H,4-5,9,13H2,1-3H3,(H,19,21). The maximum Gasteiger partial charge on any atom is 0.252 e. The number of hydrogen-bond acceptors (Lipinski definition) is 2. The van der Waals surface area contributed by atoms with Gasteiger partial charge in [-0.2, -0.15) is 0 Å². The van der Waals surface area contributed by atoms with Crippen LogP contribution in [0.3, 0.4) is 0 Å². The number of rotatable bonds is 6. The number of nitrogens with one attached hydrogen (secondary N) is 1. The molecule has 0 fully saturated rings. The third kappa shape index (κ3) is 5.24. The van der Waals surface area contributed by atoms with E-state index in [1.165, 1.54) is 0 Å². The molecule has 0 radical (unpaired) electrons. The molecule has 1 aromatic carbocycles. The molecule has 0 aromatic heterocycles. The van der Waals surface area contributed by atoms with E-state index in [-0.39, 0.29) is 18.6 Å². The largest absolute Gasteiger partial charge is 0.395 e. The molecule has 1 unspecified atom stereocenters. The first-order chi connectivity index (χ1) is 10.1. The van der Waals surface area contributed by atoms with Crippen LogP contribution in [0.25, 0.3) is 0 Å². The minimum atomic E-state index is -0.0803. The maximum atomic E-state index is 12.4. The molecule has 1 aromatic rings. The lowest BCUT2D eigenvalue weighted by Gasteiger charge is -2.22. The Morgan fingerprint density at radius 1 is 1.29 bits per heavy atom. The van der Waals surface area contributed by atoms with Crippen molar-refractivity contribution in [3.8, 4) is 11.8 Å². The van der Waals surface area contributed by atoms with Crippen molar-refractivity contribution >= 4 is 5.91 Å². The van der Waals surface area contributed by atoms with Crippen molar-refractivity contribution in [2.24, 2.45) is 5.92 Å². The van der Waals surface area contributed by atoms with Gasteiger partial charge >= 0.3 is 0 Å².